The Morgan fingerprint density at radius 2 is 1.83 bits per heavy atom. The molecule has 1 saturated carbocycles. The summed E-state index contributed by atoms with van der Waals surface area (Å²) < 4.78 is 38.0. The number of rotatable bonds is 6. The summed E-state index contributed by atoms with van der Waals surface area (Å²) in [5.41, 5.74) is 0.390. The molecule has 0 atom stereocenters. The quantitative estimate of drug-likeness (QED) is 0.862. The number of carbonyl (C=O) groups is 1. The second kappa shape index (κ2) is 7.77. The lowest BCUT2D eigenvalue weighted by molar-refractivity contribution is -0.125. The van der Waals surface area contributed by atoms with E-state index in [0.29, 0.717) is 5.69 Å². The molecule has 1 aliphatic carbocycles. The Kier molecular flexibility index (Phi) is 5.98. The third-order valence-corrected chi connectivity index (χ3v) is 5.30. The van der Waals surface area contributed by atoms with Crippen LogP contribution in [0.3, 0.4) is 0 Å². The van der Waals surface area contributed by atoms with Crippen LogP contribution in [-0.2, 0) is 14.8 Å². The summed E-state index contributed by atoms with van der Waals surface area (Å²) in [6.45, 7) is 0.364. The van der Waals surface area contributed by atoms with E-state index in [1.807, 2.05) is 0 Å². The van der Waals surface area contributed by atoms with E-state index in [4.69, 9.17) is 0 Å². The molecule has 1 aromatic carbocycles. The van der Waals surface area contributed by atoms with Crippen molar-refractivity contribution in [3.63, 3.8) is 0 Å². The number of halogens is 1. The van der Waals surface area contributed by atoms with Gasteiger partial charge in [0.15, 0.2) is 0 Å². The number of carbonyl (C=O) groups excluding carboxylic acids is 1. The first-order valence-corrected chi connectivity index (χ1v) is 9.74. The zero-order valence-electron chi connectivity index (χ0n) is 13.3. The van der Waals surface area contributed by atoms with Gasteiger partial charge < -0.3 is 5.32 Å². The third-order valence-electron chi connectivity index (χ3n) is 4.11. The fourth-order valence-corrected chi connectivity index (χ4v) is 3.81. The van der Waals surface area contributed by atoms with Crippen LogP contribution in [-0.4, -0.2) is 33.7 Å². The molecule has 0 heterocycles. The number of sulfonamides is 1. The Balaban J connectivity index is 1.94. The molecule has 0 aromatic heterocycles. The average molecular weight is 342 g/mol. The van der Waals surface area contributed by atoms with Gasteiger partial charge in [0.25, 0.3) is 0 Å². The molecular weight excluding hydrogens is 319 g/mol. The summed E-state index contributed by atoms with van der Waals surface area (Å²) in [6.07, 6.45) is 6.22. The Labute approximate surface area is 136 Å². The topological polar surface area (TPSA) is 66.5 Å². The van der Waals surface area contributed by atoms with Crippen LogP contribution in [0.25, 0.3) is 0 Å². The van der Waals surface area contributed by atoms with Crippen molar-refractivity contribution in [3.05, 3.63) is 30.1 Å². The summed E-state index contributed by atoms with van der Waals surface area (Å²) in [7, 11) is -3.49. The van der Waals surface area contributed by atoms with E-state index in [0.717, 1.165) is 31.9 Å². The Morgan fingerprint density at radius 1 is 1.22 bits per heavy atom. The highest BCUT2D eigenvalue weighted by molar-refractivity contribution is 7.92. The molecule has 0 saturated heterocycles. The normalized spacial score (nSPS) is 16.1. The van der Waals surface area contributed by atoms with Gasteiger partial charge in [0, 0.05) is 12.5 Å². The van der Waals surface area contributed by atoms with Crippen molar-refractivity contribution < 1.29 is 17.6 Å². The molecule has 1 aromatic rings. The van der Waals surface area contributed by atoms with Crippen LogP contribution in [0.1, 0.15) is 32.1 Å². The molecule has 23 heavy (non-hydrogen) atoms. The maximum atomic E-state index is 13.0. The molecule has 7 heteroatoms. The molecule has 0 aliphatic heterocycles. The van der Waals surface area contributed by atoms with E-state index in [1.54, 1.807) is 0 Å². The van der Waals surface area contributed by atoms with Gasteiger partial charge in [-0.15, -0.1) is 0 Å². The van der Waals surface area contributed by atoms with Gasteiger partial charge in [-0.1, -0.05) is 19.3 Å². The molecule has 2 rings (SSSR count). The molecule has 128 valence electrons. The van der Waals surface area contributed by atoms with Crippen LogP contribution < -0.4 is 9.62 Å². The maximum absolute atomic E-state index is 13.0. The van der Waals surface area contributed by atoms with Gasteiger partial charge in [0.1, 0.15) is 5.82 Å². The van der Waals surface area contributed by atoms with E-state index in [-0.39, 0.29) is 24.9 Å². The molecule has 1 aliphatic rings. The molecule has 1 fully saturated rings. The van der Waals surface area contributed by atoms with Gasteiger partial charge in [-0.2, -0.15) is 0 Å². The number of amides is 1. The summed E-state index contributed by atoms with van der Waals surface area (Å²) in [6, 6.07) is 5.26. The number of nitrogens with zero attached hydrogens (tertiary/aromatic N) is 1. The zero-order chi connectivity index (χ0) is 16.9. The van der Waals surface area contributed by atoms with Gasteiger partial charge >= 0.3 is 0 Å². The van der Waals surface area contributed by atoms with Crippen molar-refractivity contribution in [1.29, 1.82) is 0 Å². The molecule has 1 N–H and O–H groups in total. The summed E-state index contributed by atoms with van der Waals surface area (Å²) in [5, 5.41) is 2.82. The molecule has 1 amide bonds. The second-order valence-corrected chi connectivity index (χ2v) is 7.84. The van der Waals surface area contributed by atoms with Crippen molar-refractivity contribution in [1.82, 2.24) is 5.32 Å². The third kappa shape index (κ3) is 5.20. The van der Waals surface area contributed by atoms with Crippen molar-refractivity contribution >= 4 is 21.6 Å². The van der Waals surface area contributed by atoms with Gasteiger partial charge in [0.2, 0.25) is 15.9 Å². The van der Waals surface area contributed by atoms with Crippen LogP contribution in [0.15, 0.2) is 24.3 Å². The maximum Gasteiger partial charge on any atom is 0.232 e. The lowest BCUT2D eigenvalue weighted by atomic mass is 9.89. The van der Waals surface area contributed by atoms with Gasteiger partial charge in [0.05, 0.1) is 18.5 Å². The van der Waals surface area contributed by atoms with Crippen LogP contribution in [0, 0.1) is 11.7 Å². The number of hydrogen-bond donors (Lipinski definition) is 1. The summed E-state index contributed by atoms with van der Waals surface area (Å²) >= 11 is 0. The van der Waals surface area contributed by atoms with Crippen molar-refractivity contribution in [2.75, 3.05) is 23.7 Å². The molecule has 0 bridgehead atoms. The molecule has 0 unspecified atom stereocenters. The molecule has 0 radical (unpaired) electrons. The van der Waals surface area contributed by atoms with Crippen molar-refractivity contribution in [2.24, 2.45) is 5.92 Å². The number of hydrogen-bond acceptors (Lipinski definition) is 3. The SMILES string of the molecule is CS(=O)(=O)N(CCNC(=O)C1CCCCC1)c1ccc(F)cc1. The Hall–Kier alpha value is -1.63. The van der Waals surface area contributed by atoms with Crippen molar-refractivity contribution in [3.8, 4) is 0 Å². The zero-order valence-corrected chi connectivity index (χ0v) is 14.1. The first kappa shape index (κ1) is 17.7. The summed E-state index contributed by atoms with van der Waals surface area (Å²) in [4.78, 5) is 12.1. The minimum absolute atomic E-state index is 0.00254. The highest BCUT2D eigenvalue weighted by atomic mass is 32.2. The Bertz CT molecular complexity index is 625. The predicted molar refractivity (Wildman–Crippen MR) is 88.2 cm³/mol. The van der Waals surface area contributed by atoms with E-state index in [9.17, 15) is 17.6 Å². The fourth-order valence-electron chi connectivity index (χ4n) is 2.88. The second-order valence-electron chi connectivity index (χ2n) is 5.94. The van der Waals surface area contributed by atoms with Crippen molar-refractivity contribution in [2.45, 2.75) is 32.1 Å². The van der Waals surface area contributed by atoms with Gasteiger partial charge in [-0.05, 0) is 37.1 Å². The highest BCUT2D eigenvalue weighted by Gasteiger charge is 2.22. The Morgan fingerprint density at radius 3 is 2.39 bits per heavy atom. The summed E-state index contributed by atoms with van der Waals surface area (Å²) in [5.74, 6) is -0.383. The van der Waals surface area contributed by atoms with Gasteiger partial charge in [-0.25, -0.2) is 12.8 Å². The van der Waals surface area contributed by atoms with E-state index in [2.05, 4.69) is 5.32 Å². The molecule has 0 spiro atoms. The van der Waals surface area contributed by atoms with Crippen LogP contribution >= 0.6 is 0 Å². The van der Waals surface area contributed by atoms with E-state index < -0.39 is 15.8 Å². The van der Waals surface area contributed by atoms with Crippen LogP contribution in [0.5, 0.6) is 0 Å². The lowest BCUT2D eigenvalue weighted by Crippen LogP contribution is -2.40. The predicted octanol–water partition coefficient (Wildman–Crippen LogP) is 2.29. The largest absolute Gasteiger partial charge is 0.354 e. The van der Waals surface area contributed by atoms with E-state index >= 15 is 0 Å². The molecular formula is C16H23FN2O3S. The standard InChI is InChI=1S/C16H23FN2O3S/c1-23(21,22)19(15-9-7-14(17)8-10-15)12-11-18-16(20)13-5-3-2-4-6-13/h7-10,13H,2-6,11-12H2,1H3,(H,18,20). The minimum atomic E-state index is -3.49. The lowest BCUT2D eigenvalue weighted by Gasteiger charge is -2.24. The van der Waals surface area contributed by atoms with Crippen LogP contribution in [0.2, 0.25) is 0 Å². The minimum Gasteiger partial charge on any atom is -0.354 e. The fraction of sp³-hybridized carbons (Fsp3) is 0.562. The van der Waals surface area contributed by atoms with E-state index in [1.165, 1.54) is 35.0 Å². The first-order valence-electron chi connectivity index (χ1n) is 7.89. The number of anilines is 1. The smallest absolute Gasteiger partial charge is 0.232 e. The average Bonchev–Trinajstić information content (AvgIpc) is 2.52. The number of nitrogens with one attached hydrogen (secondary N) is 1. The highest BCUT2D eigenvalue weighted by Crippen LogP contribution is 2.23. The number of benzene rings is 1. The monoisotopic (exact) mass is 342 g/mol. The molecule has 5 nitrogen and oxygen atoms in total. The first-order chi connectivity index (χ1) is 10.9. The van der Waals surface area contributed by atoms with Crippen LogP contribution in [0.4, 0.5) is 10.1 Å². The van der Waals surface area contributed by atoms with Gasteiger partial charge in [-0.3, -0.25) is 9.10 Å².